The molecule has 2 aromatic rings. The van der Waals surface area contributed by atoms with Crippen LogP contribution in [0.15, 0.2) is 48.5 Å². The fraction of sp³-hybridized carbons (Fsp3) is 0.320. The Bertz CT molecular complexity index is 1140. The number of likely N-dealkylation sites (tertiary alicyclic amines) is 1. The Labute approximate surface area is 202 Å². The number of nitrogens with zero attached hydrogens (tertiary/aromatic N) is 3. The van der Waals surface area contributed by atoms with Gasteiger partial charge in [-0.15, -0.1) is 0 Å². The van der Waals surface area contributed by atoms with Crippen LogP contribution in [-0.2, 0) is 14.4 Å². The fourth-order valence-electron chi connectivity index (χ4n) is 4.08. The van der Waals surface area contributed by atoms with Gasteiger partial charge < -0.3 is 19.9 Å². The summed E-state index contributed by atoms with van der Waals surface area (Å²) in [5.41, 5.74) is 1.17. The van der Waals surface area contributed by atoms with Crippen LogP contribution in [-0.4, -0.2) is 84.1 Å². The summed E-state index contributed by atoms with van der Waals surface area (Å²) in [7, 11) is 1.54. The van der Waals surface area contributed by atoms with Crippen molar-refractivity contribution in [3.05, 3.63) is 59.7 Å². The van der Waals surface area contributed by atoms with Crippen molar-refractivity contribution in [3.63, 3.8) is 0 Å². The van der Waals surface area contributed by atoms with E-state index in [4.69, 9.17) is 4.74 Å². The molecule has 0 bridgehead atoms. The number of anilines is 1. The molecule has 0 atom stereocenters. The topological polar surface area (TPSA) is 116 Å². The average molecular weight is 479 g/mol. The lowest BCUT2D eigenvalue weighted by Crippen LogP contribution is -2.53. The van der Waals surface area contributed by atoms with Crippen molar-refractivity contribution in [3.8, 4) is 5.75 Å². The molecule has 182 valence electrons. The first-order valence-corrected chi connectivity index (χ1v) is 11.3. The van der Waals surface area contributed by atoms with Crippen molar-refractivity contribution in [1.29, 1.82) is 0 Å². The highest BCUT2D eigenvalue weighted by Gasteiger charge is 2.33. The van der Waals surface area contributed by atoms with Crippen molar-refractivity contribution >= 4 is 35.2 Å². The van der Waals surface area contributed by atoms with Gasteiger partial charge in [0.15, 0.2) is 0 Å². The number of benzene rings is 2. The van der Waals surface area contributed by atoms with Gasteiger partial charge in [-0.25, -0.2) is 0 Å². The molecule has 10 nitrogen and oxygen atoms in total. The molecule has 0 spiro atoms. The van der Waals surface area contributed by atoms with Gasteiger partial charge in [-0.1, -0.05) is 12.1 Å². The van der Waals surface area contributed by atoms with Crippen LogP contribution in [0.4, 0.5) is 5.69 Å². The van der Waals surface area contributed by atoms with E-state index < -0.39 is 0 Å². The minimum Gasteiger partial charge on any atom is -0.497 e. The molecule has 2 fully saturated rings. The summed E-state index contributed by atoms with van der Waals surface area (Å²) >= 11 is 0. The Morgan fingerprint density at radius 3 is 2.09 bits per heavy atom. The molecule has 2 aliphatic heterocycles. The lowest BCUT2D eigenvalue weighted by Gasteiger charge is -2.35. The summed E-state index contributed by atoms with van der Waals surface area (Å²) in [4.78, 5) is 66.2. The van der Waals surface area contributed by atoms with Gasteiger partial charge in [0.25, 0.3) is 11.8 Å². The van der Waals surface area contributed by atoms with E-state index in [0.717, 1.165) is 4.90 Å². The van der Waals surface area contributed by atoms with Gasteiger partial charge >= 0.3 is 0 Å². The number of amides is 5. The van der Waals surface area contributed by atoms with Crippen molar-refractivity contribution < 1.29 is 28.7 Å². The molecule has 2 aliphatic rings. The fourth-order valence-corrected chi connectivity index (χ4v) is 4.08. The minimum absolute atomic E-state index is 0.142. The second-order valence-electron chi connectivity index (χ2n) is 8.27. The molecule has 0 saturated carbocycles. The number of nitrogens with one attached hydrogen (secondary N) is 1. The Morgan fingerprint density at radius 2 is 1.46 bits per heavy atom. The van der Waals surface area contributed by atoms with Crippen LogP contribution in [0.5, 0.6) is 5.75 Å². The smallest absolute Gasteiger partial charge is 0.256 e. The number of imide groups is 1. The number of piperazine rings is 1. The van der Waals surface area contributed by atoms with E-state index in [-0.39, 0.29) is 48.9 Å². The zero-order chi connectivity index (χ0) is 24.9. The van der Waals surface area contributed by atoms with Crippen molar-refractivity contribution in [2.75, 3.05) is 45.2 Å². The van der Waals surface area contributed by atoms with Crippen molar-refractivity contribution in [2.24, 2.45) is 0 Å². The zero-order valence-corrected chi connectivity index (χ0v) is 19.4. The van der Waals surface area contributed by atoms with E-state index in [1.807, 2.05) is 0 Å². The highest BCUT2D eigenvalue weighted by atomic mass is 16.5. The number of para-hydroxylation sites is 1. The predicted octanol–water partition coefficient (Wildman–Crippen LogP) is 1.38. The van der Waals surface area contributed by atoms with E-state index in [2.05, 4.69) is 5.32 Å². The van der Waals surface area contributed by atoms with Crippen LogP contribution in [0.2, 0.25) is 0 Å². The van der Waals surface area contributed by atoms with Crippen molar-refractivity contribution in [1.82, 2.24) is 14.7 Å². The van der Waals surface area contributed by atoms with Gasteiger partial charge in [0.05, 0.1) is 18.4 Å². The first-order valence-electron chi connectivity index (χ1n) is 11.3. The van der Waals surface area contributed by atoms with Crippen LogP contribution in [0, 0.1) is 0 Å². The SMILES string of the molecule is COc1ccc(C(=O)Nc2ccccc2C(=O)N2CCN(C(=O)CN3C(=O)CCC3=O)CC2)cc1. The molecule has 4 rings (SSSR count). The number of hydrogen-bond acceptors (Lipinski definition) is 6. The maximum absolute atomic E-state index is 13.2. The first-order chi connectivity index (χ1) is 16.9. The molecule has 0 unspecified atom stereocenters. The highest BCUT2D eigenvalue weighted by Crippen LogP contribution is 2.21. The van der Waals surface area contributed by atoms with Gasteiger partial charge in [-0.3, -0.25) is 28.9 Å². The lowest BCUT2D eigenvalue weighted by atomic mass is 10.1. The summed E-state index contributed by atoms with van der Waals surface area (Å²) in [6, 6.07) is 13.4. The van der Waals surface area contributed by atoms with Gasteiger partial charge in [0, 0.05) is 44.6 Å². The minimum atomic E-state index is -0.352. The number of carbonyl (C=O) groups is 5. The third-order valence-electron chi connectivity index (χ3n) is 6.13. The van der Waals surface area contributed by atoms with E-state index >= 15 is 0 Å². The monoisotopic (exact) mass is 478 g/mol. The Morgan fingerprint density at radius 1 is 0.857 bits per heavy atom. The van der Waals surface area contributed by atoms with Crippen LogP contribution in [0.3, 0.4) is 0 Å². The summed E-state index contributed by atoms with van der Waals surface area (Å²) in [5, 5.41) is 2.80. The maximum atomic E-state index is 13.2. The third kappa shape index (κ3) is 5.32. The molecule has 0 aliphatic carbocycles. The summed E-state index contributed by atoms with van der Waals surface area (Å²) in [6.45, 7) is 0.925. The van der Waals surface area contributed by atoms with Crippen LogP contribution < -0.4 is 10.1 Å². The molecule has 35 heavy (non-hydrogen) atoms. The predicted molar refractivity (Wildman–Crippen MR) is 126 cm³/mol. The molecule has 2 heterocycles. The van der Waals surface area contributed by atoms with Crippen LogP contribution in [0.25, 0.3) is 0 Å². The van der Waals surface area contributed by atoms with Crippen LogP contribution in [0.1, 0.15) is 33.6 Å². The molecule has 1 N–H and O–H groups in total. The third-order valence-corrected chi connectivity index (χ3v) is 6.13. The number of carbonyl (C=O) groups excluding carboxylic acids is 5. The van der Waals surface area contributed by atoms with Gasteiger partial charge in [-0.2, -0.15) is 0 Å². The Kier molecular flexibility index (Phi) is 7.09. The largest absolute Gasteiger partial charge is 0.497 e. The molecule has 5 amide bonds. The number of ether oxygens (including phenoxy) is 1. The second kappa shape index (κ2) is 10.4. The lowest BCUT2D eigenvalue weighted by molar-refractivity contribution is -0.146. The van der Waals surface area contributed by atoms with E-state index in [1.54, 1.807) is 65.4 Å². The summed E-state index contributed by atoms with van der Waals surface area (Å²) in [6.07, 6.45) is 0.283. The molecular weight excluding hydrogens is 452 g/mol. The average Bonchev–Trinajstić information content (AvgIpc) is 3.20. The van der Waals surface area contributed by atoms with Gasteiger partial charge in [0.1, 0.15) is 12.3 Å². The zero-order valence-electron chi connectivity index (χ0n) is 19.4. The molecule has 2 saturated heterocycles. The highest BCUT2D eigenvalue weighted by molar-refractivity contribution is 6.09. The quantitative estimate of drug-likeness (QED) is 0.627. The first kappa shape index (κ1) is 23.9. The van der Waals surface area contributed by atoms with E-state index in [0.29, 0.717) is 48.7 Å². The van der Waals surface area contributed by atoms with E-state index in [9.17, 15) is 24.0 Å². The van der Waals surface area contributed by atoms with Crippen LogP contribution >= 0.6 is 0 Å². The van der Waals surface area contributed by atoms with Gasteiger partial charge in [0.2, 0.25) is 17.7 Å². The number of methoxy groups -OCH3 is 1. The number of rotatable bonds is 6. The molecule has 0 radical (unpaired) electrons. The van der Waals surface area contributed by atoms with E-state index in [1.165, 1.54) is 0 Å². The molecular formula is C25H26N4O6. The van der Waals surface area contributed by atoms with Crippen molar-refractivity contribution in [2.45, 2.75) is 12.8 Å². The molecule has 0 aromatic heterocycles. The molecule has 2 aromatic carbocycles. The summed E-state index contributed by atoms with van der Waals surface area (Å²) in [5.74, 6) is -0.945. The Hall–Kier alpha value is -4.21. The normalized spacial score (nSPS) is 15.9. The molecule has 10 heteroatoms. The maximum Gasteiger partial charge on any atom is 0.256 e. The Balaban J connectivity index is 1.37. The standard InChI is InChI=1S/C25H26N4O6/c1-35-18-8-6-17(7-9-18)24(33)26-20-5-3-2-4-19(20)25(34)28-14-12-27(13-15-28)23(32)16-29-21(30)10-11-22(29)31/h2-9H,10-16H2,1H3,(H,26,33). The summed E-state index contributed by atoms with van der Waals surface area (Å²) < 4.78 is 5.11. The second-order valence-corrected chi connectivity index (χ2v) is 8.27. The van der Waals surface area contributed by atoms with Gasteiger partial charge in [-0.05, 0) is 36.4 Å². The number of hydrogen-bond donors (Lipinski definition) is 1.